The van der Waals surface area contributed by atoms with E-state index >= 15 is 0 Å². The predicted molar refractivity (Wildman–Crippen MR) is 238 cm³/mol. The Morgan fingerprint density at radius 1 is 0.411 bits per heavy atom. The van der Waals surface area contributed by atoms with Crippen molar-refractivity contribution in [3.05, 3.63) is 70.8 Å². The van der Waals surface area contributed by atoms with Crippen LogP contribution in [0.5, 0.6) is 0 Å². The minimum atomic E-state index is -1.01. The summed E-state index contributed by atoms with van der Waals surface area (Å²) in [6, 6.07) is 12.6. The van der Waals surface area contributed by atoms with E-state index in [1.165, 1.54) is 178 Å². The molecule has 0 spiro atoms. The van der Waals surface area contributed by atoms with Gasteiger partial charge in [-0.05, 0) is 89.0 Å². The Balaban J connectivity index is 0.000000871. The smallest absolute Gasteiger partial charge is 0.335 e. The molecular formula is C49H84N2O5. The van der Waals surface area contributed by atoms with Gasteiger partial charge in [0.1, 0.15) is 0 Å². The predicted octanol–water partition coefficient (Wildman–Crippen LogP) is 13.2. The van der Waals surface area contributed by atoms with Crippen LogP contribution in [0.3, 0.4) is 0 Å². The van der Waals surface area contributed by atoms with Crippen LogP contribution < -0.4 is 11.5 Å². The molecular weight excluding hydrogens is 697 g/mol. The van der Waals surface area contributed by atoms with E-state index in [0.29, 0.717) is 0 Å². The van der Waals surface area contributed by atoms with Gasteiger partial charge in [-0.3, -0.25) is 4.79 Å². The van der Waals surface area contributed by atoms with Crippen LogP contribution in [-0.2, 0) is 15.6 Å². The number of hydrogen-bond acceptors (Lipinski definition) is 5. The first-order chi connectivity index (χ1) is 26.8. The SMILES string of the molecule is CC(C)(C(=O)C(C)(C)c1ccc(C(=O)O)cc1)c1ccc(C(=O)O)cc1.CCCCCCCCCCCCCCN.CCCCCCCCCCCCCCN. The van der Waals surface area contributed by atoms with Gasteiger partial charge < -0.3 is 21.7 Å². The number of carboxylic acid groups (broad SMARTS) is 2. The molecule has 2 aromatic carbocycles. The number of benzene rings is 2. The van der Waals surface area contributed by atoms with Crippen molar-refractivity contribution in [3.63, 3.8) is 0 Å². The largest absolute Gasteiger partial charge is 0.478 e. The fourth-order valence-corrected chi connectivity index (χ4v) is 7.07. The quantitative estimate of drug-likeness (QED) is 0.0578. The Morgan fingerprint density at radius 3 is 0.821 bits per heavy atom. The van der Waals surface area contributed by atoms with E-state index in [2.05, 4.69) is 13.8 Å². The van der Waals surface area contributed by atoms with Crippen LogP contribution in [0.25, 0.3) is 0 Å². The number of unbranched alkanes of at least 4 members (excludes halogenated alkanes) is 22. The van der Waals surface area contributed by atoms with Crippen molar-refractivity contribution in [2.45, 2.75) is 206 Å². The molecule has 0 aliphatic carbocycles. The second-order valence-corrected chi connectivity index (χ2v) is 16.7. The van der Waals surface area contributed by atoms with Crippen LogP contribution in [0.4, 0.5) is 0 Å². The molecule has 0 saturated heterocycles. The Morgan fingerprint density at radius 2 is 0.625 bits per heavy atom. The summed E-state index contributed by atoms with van der Waals surface area (Å²) in [4.78, 5) is 35.3. The number of nitrogens with two attached hydrogens (primary N) is 2. The molecule has 0 aliphatic heterocycles. The molecule has 0 aromatic heterocycles. The van der Waals surface area contributed by atoms with Gasteiger partial charge >= 0.3 is 11.9 Å². The molecule has 0 radical (unpaired) electrons. The molecule has 0 bridgehead atoms. The van der Waals surface area contributed by atoms with Gasteiger partial charge in [0, 0.05) is 10.8 Å². The van der Waals surface area contributed by atoms with Crippen molar-refractivity contribution < 1.29 is 24.6 Å². The highest BCUT2D eigenvalue weighted by molar-refractivity contribution is 5.98. The first-order valence-corrected chi connectivity index (χ1v) is 22.4. The van der Waals surface area contributed by atoms with Gasteiger partial charge in [-0.15, -0.1) is 0 Å². The van der Waals surface area contributed by atoms with Crippen LogP contribution in [0.2, 0.25) is 0 Å². The van der Waals surface area contributed by atoms with Crippen molar-refractivity contribution in [1.82, 2.24) is 0 Å². The Hall–Kier alpha value is -3.03. The van der Waals surface area contributed by atoms with Gasteiger partial charge in [0.05, 0.1) is 11.1 Å². The number of carboxylic acids is 2. The van der Waals surface area contributed by atoms with E-state index in [1.807, 2.05) is 0 Å². The standard InChI is InChI=1S/C21H22O5.2C14H31N/c1-20(2,15-9-5-13(6-10-15)17(22)23)19(26)21(3,4)16-11-7-14(8-12-16)18(24)25;2*1-2-3-4-5-6-7-8-9-10-11-12-13-14-15/h5-12H,1-4H3,(H,22,23)(H,24,25);2*2-15H2,1H3. The van der Waals surface area contributed by atoms with Crippen LogP contribution in [0.15, 0.2) is 48.5 Å². The van der Waals surface area contributed by atoms with Crippen LogP contribution in [-0.4, -0.2) is 41.0 Å². The zero-order chi connectivity index (χ0) is 42.1. The molecule has 0 saturated carbocycles. The van der Waals surface area contributed by atoms with Crippen molar-refractivity contribution in [2.75, 3.05) is 13.1 Å². The molecule has 6 N–H and O–H groups in total. The summed E-state index contributed by atoms with van der Waals surface area (Å²) in [7, 11) is 0. The average molecular weight is 781 g/mol. The lowest BCUT2D eigenvalue weighted by atomic mass is 9.67. The molecule has 7 heteroatoms. The lowest BCUT2D eigenvalue weighted by molar-refractivity contribution is -0.128. The van der Waals surface area contributed by atoms with E-state index < -0.39 is 22.8 Å². The van der Waals surface area contributed by atoms with E-state index in [4.69, 9.17) is 21.7 Å². The molecule has 2 rings (SSSR count). The molecule has 0 atom stereocenters. The molecule has 320 valence electrons. The van der Waals surface area contributed by atoms with Crippen LogP contribution in [0.1, 0.15) is 227 Å². The zero-order valence-corrected chi connectivity index (χ0v) is 36.8. The topological polar surface area (TPSA) is 144 Å². The maximum Gasteiger partial charge on any atom is 0.335 e. The molecule has 0 unspecified atom stereocenters. The lowest BCUT2D eigenvalue weighted by Crippen LogP contribution is -2.42. The third kappa shape index (κ3) is 23.9. The summed E-state index contributed by atoms with van der Waals surface area (Å²) >= 11 is 0. The molecule has 2 aromatic rings. The number of rotatable bonds is 30. The maximum absolute atomic E-state index is 13.3. The first kappa shape index (κ1) is 53.0. The summed E-state index contributed by atoms with van der Waals surface area (Å²) in [5.74, 6) is -2.07. The van der Waals surface area contributed by atoms with E-state index in [0.717, 1.165) is 24.2 Å². The maximum atomic E-state index is 13.3. The fraction of sp³-hybridized carbons (Fsp3) is 0.694. The summed E-state index contributed by atoms with van der Waals surface area (Å²) in [5.41, 5.74) is 11.0. The molecule has 0 aliphatic rings. The second kappa shape index (κ2) is 33.0. The second-order valence-electron chi connectivity index (χ2n) is 16.7. The van der Waals surface area contributed by atoms with Crippen molar-refractivity contribution in [2.24, 2.45) is 11.5 Å². The highest BCUT2D eigenvalue weighted by Gasteiger charge is 2.41. The highest BCUT2D eigenvalue weighted by Crippen LogP contribution is 2.36. The highest BCUT2D eigenvalue weighted by atomic mass is 16.4. The van der Waals surface area contributed by atoms with Gasteiger partial charge in [0.25, 0.3) is 0 Å². The van der Waals surface area contributed by atoms with Crippen LogP contribution >= 0.6 is 0 Å². The fourth-order valence-electron chi connectivity index (χ4n) is 7.07. The van der Waals surface area contributed by atoms with Crippen LogP contribution in [0, 0.1) is 0 Å². The number of carbonyl (C=O) groups excluding carboxylic acids is 1. The Bertz CT molecular complexity index is 1150. The Labute approximate surface area is 343 Å². The average Bonchev–Trinajstić information content (AvgIpc) is 3.19. The number of Topliss-reactive ketones (excluding diaryl/α,β-unsaturated/α-hetero) is 1. The molecule has 0 fully saturated rings. The van der Waals surface area contributed by atoms with Gasteiger partial charge in [0.2, 0.25) is 0 Å². The summed E-state index contributed by atoms with van der Waals surface area (Å²) in [6.07, 6.45) is 33.8. The van der Waals surface area contributed by atoms with Gasteiger partial charge in [-0.1, -0.05) is 179 Å². The monoisotopic (exact) mass is 781 g/mol. The van der Waals surface area contributed by atoms with Gasteiger partial charge in [-0.2, -0.15) is 0 Å². The summed E-state index contributed by atoms with van der Waals surface area (Å²) < 4.78 is 0. The van der Waals surface area contributed by atoms with Crippen molar-refractivity contribution >= 4 is 17.7 Å². The molecule has 56 heavy (non-hydrogen) atoms. The Kier molecular flexibility index (Phi) is 31.2. The number of ketones is 1. The van der Waals surface area contributed by atoms with Crippen molar-refractivity contribution in [3.8, 4) is 0 Å². The summed E-state index contributed by atoms with van der Waals surface area (Å²) in [5, 5.41) is 18.0. The number of aromatic carboxylic acids is 2. The van der Waals surface area contributed by atoms with E-state index in [9.17, 15) is 14.4 Å². The molecule has 7 nitrogen and oxygen atoms in total. The zero-order valence-electron chi connectivity index (χ0n) is 36.8. The molecule has 0 heterocycles. The van der Waals surface area contributed by atoms with Gasteiger partial charge in [0.15, 0.2) is 5.78 Å². The number of hydrogen-bond donors (Lipinski definition) is 4. The summed E-state index contributed by atoms with van der Waals surface area (Å²) in [6.45, 7) is 13.5. The van der Waals surface area contributed by atoms with E-state index in [-0.39, 0.29) is 16.9 Å². The molecule has 0 amide bonds. The third-order valence-corrected chi connectivity index (χ3v) is 11.0. The first-order valence-electron chi connectivity index (χ1n) is 22.4. The lowest BCUT2D eigenvalue weighted by Gasteiger charge is -2.34. The normalized spacial score (nSPS) is 11.3. The minimum absolute atomic E-state index is 0.0452. The third-order valence-electron chi connectivity index (χ3n) is 11.0. The number of carbonyl (C=O) groups is 3. The van der Waals surface area contributed by atoms with Gasteiger partial charge in [-0.25, -0.2) is 9.59 Å². The minimum Gasteiger partial charge on any atom is -0.478 e. The van der Waals surface area contributed by atoms with Crippen molar-refractivity contribution in [1.29, 1.82) is 0 Å². The van der Waals surface area contributed by atoms with E-state index in [1.54, 1.807) is 52.0 Å².